The van der Waals surface area contributed by atoms with Crippen LogP contribution in [0.2, 0.25) is 0 Å². The number of hydrogen-bond acceptors (Lipinski definition) is 4. The number of para-hydroxylation sites is 2. The number of rotatable bonds is 9. The SMILES string of the molecule is CCNC(=NCc1ccccc1Cn1cccn1)NCC1CCN(c2ccccc2OC)C1.I. The Morgan fingerprint density at radius 2 is 1.88 bits per heavy atom. The smallest absolute Gasteiger partial charge is 0.191 e. The third kappa shape index (κ3) is 6.88. The average molecular weight is 575 g/mol. The van der Waals surface area contributed by atoms with Gasteiger partial charge >= 0.3 is 0 Å². The molecule has 0 radical (unpaired) electrons. The zero-order valence-corrected chi connectivity index (χ0v) is 22.3. The van der Waals surface area contributed by atoms with Crippen LogP contribution in [0.1, 0.15) is 24.5 Å². The van der Waals surface area contributed by atoms with Crippen molar-refractivity contribution in [2.45, 2.75) is 26.4 Å². The molecule has 2 aromatic carbocycles. The molecule has 182 valence electrons. The molecular formula is C26H35IN6O. The largest absolute Gasteiger partial charge is 0.495 e. The first kappa shape index (κ1) is 25.9. The Morgan fingerprint density at radius 1 is 1.09 bits per heavy atom. The van der Waals surface area contributed by atoms with Crippen molar-refractivity contribution < 1.29 is 4.74 Å². The van der Waals surface area contributed by atoms with Crippen molar-refractivity contribution in [1.29, 1.82) is 0 Å². The number of benzene rings is 2. The van der Waals surface area contributed by atoms with Crippen LogP contribution in [0.4, 0.5) is 5.69 Å². The van der Waals surface area contributed by atoms with Crippen molar-refractivity contribution in [2.75, 3.05) is 38.2 Å². The molecule has 1 aliphatic rings. The van der Waals surface area contributed by atoms with E-state index in [2.05, 4.69) is 64.0 Å². The van der Waals surface area contributed by atoms with E-state index in [1.165, 1.54) is 16.8 Å². The predicted octanol–water partition coefficient (Wildman–Crippen LogP) is 4.14. The summed E-state index contributed by atoms with van der Waals surface area (Å²) in [5.41, 5.74) is 3.63. The van der Waals surface area contributed by atoms with Crippen LogP contribution in [0.15, 0.2) is 72.0 Å². The molecule has 0 aliphatic carbocycles. The second-order valence-electron chi connectivity index (χ2n) is 8.32. The number of halogens is 1. The van der Waals surface area contributed by atoms with Gasteiger partial charge in [0.05, 0.1) is 25.9 Å². The molecule has 0 spiro atoms. The number of aliphatic imine (C=N–C) groups is 1. The van der Waals surface area contributed by atoms with Gasteiger partial charge in [0, 0.05) is 38.6 Å². The van der Waals surface area contributed by atoms with Gasteiger partial charge in [0.1, 0.15) is 5.75 Å². The third-order valence-electron chi connectivity index (χ3n) is 6.03. The summed E-state index contributed by atoms with van der Waals surface area (Å²) in [5.74, 6) is 2.36. The topological polar surface area (TPSA) is 66.7 Å². The summed E-state index contributed by atoms with van der Waals surface area (Å²) in [6, 6.07) is 18.7. The average Bonchev–Trinajstić information content (AvgIpc) is 3.54. The van der Waals surface area contributed by atoms with E-state index in [4.69, 9.17) is 9.73 Å². The Kier molecular flexibility index (Phi) is 10.1. The molecule has 7 nitrogen and oxygen atoms in total. The van der Waals surface area contributed by atoms with E-state index in [0.29, 0.717) is 12.5 Å². The van der Waals surface area contributed by atoms with Gasteiger partial charge in [0.15, 0.2) is 5.96 Å². The van der Waals surface area contributed by atoms with E-state index in [1.807, 2.05) is 35.3 Å². The van der Waals surface area contributed by atoms with Crippen LogP contribution in [0.3, 0.4) is 0 Å². The minimum absolute atomic E-state index is 0. The number of nitrogens with one attached hydrogen (secondary N) is 2. The Balaban J connectivity index is 0.00000324. The molecule has 1 unspecified atom stereocenters. The summed E-state index contributed by atoms with van der Waals surface area (Å²) in [7, 11) is 1.74. The van der Waals surface area contributed by atoms with Crippen LogP contribution in [0, 0.1) is 5.92 Å². The molecule has 1 saturated heterocycles. The van der Waals surface area contributed by atoms with E-state index in [-0.39, 0.29) is 24.0 Å². The van der Waals surface area contributed by atoms with Crippen LogP contribution in [-0.4, -0.2) is 49.0 Å². The van der Waals surface area contributed by atoms with Gasteiger partial charge in [-0.15, -0.1) is 24.0 Å². The molecular weight excluding hydrogens is 539 g/mol. The highest BCUT2D eigenvalue weighted by Crippen LogP contribution is 2.31. The summed E-state index contributed by atoms with van der Waals surface area (Å²) in [6.07, 6.45) is 4.95. The van der Waals surface area contributed by atoms with Crippen molar-refractivity contribution in [3.05, 3.63) is 78.1 Å². The van der Waals surface area contributed by atoms with Crippen LogP contribution in [-0.2, 0) is 13.1 Å². The zero-order valence-electron chi connectivity index (χ0n) is 20.0. The van der Waals surface area contributed by atoms with Crippen LogP contribution >= 0.6 is 24.0 Å². The van der Waals surface area contributed by atoms with E-state index in [0.717, 1.165) is 50.9 Å². The highest BCUT2D eigenvalue weighted by Gasteiger charge is 2.24. The number of aromatic nitrogens is 2. The number of methoxy groups -OCH3 is 1. The molecule has 1 fully saturated rings. The molecule has 1 atom stereocenters. The molecule has 1 aromatic heterocycles. The molecule has 2 N–H and O–H groups in total. The lowest BCUT2D eigenvalue weighted by molar-refractivity contribution is 0.414. The van der Waals surface area contributed by atoms with Crippen molar-refractivity contribution in [1.82, 2.24) is 20.4 Å². The predicted molar refractivity (Wildman–Crippen MR) is 149 cm³/mol. The molecule has 0 bridgehead atoms. The van der Waals surface area contributed by atoms with Crippen molar-refractivity contribution in [3.8, 4) is 5.75 Å². The van der Waals surface area contributed by atoms with E-state index >= 15 is 0 Å². The lowest BCUT2D eigenvalue weighted by atomic mass is 10.1. The maximum atomic E-state index is 5.55. The molecule has 0 saturated carbocycles. The summed E-state index contributed by atoms with van der Waals surface area (Å²) >= 11 is 0. The van der Waals surface area contributed by atoms with E-state index in [9.17, 15) is 0 Å². The second-order valence-corrected chi connectivity index (χ2v) is 8.32. The van der Waals surface area contributed by atoms with Crippen LogP contribution in [0.25, 0.3) is 0 Å². The molecule has 0 amide bonds. The number of anilines is 1. The lowest BCUT2D eigenvalue weighted by Crippen LogP contribution is -2.40. The Labute approximate surface area is 219 Å². The molecule has 1 aliphatic heterocycles. The molecule has 3 aromatic rings. The standard InChI is InChI=1S/C26H34N6O.HI/c1-3-27-26(29-18-22-9-4-5-10-23(22)20-32-15-8-14-30-32)28-17-21-13-16-31(19-21)24-11-6-7-12-25(24)33-2;/h4-12,14-15,21H,3,13,16-20H2,1-2H3,(H2,27,28,29);1H. The Hall–Kier alpha value is -2.75. The first-order valence-corrected chi connectivity index (χ1v) is 11.7. The van der Waals surface area contributed by atoms with Gasteiger partial charge in [0.2, 0.25) is 0 Å². The van der Waals surface area contributed by atoms with Crippen LogP contribution < -0.4 is 20.3 Å². The van der Waals surface area contributed by atoms with Gasteiger partial charge in [-0.1, -0.05) is 36.4 Å². The minimum atomic E-state index is 0. The third-order valence-corrected chi connectivity index (χ3v) is 6.03. The zero-order chi connectivity index (χ0) is 22.9. The summed E-state index contributed by atoms with van der Waals surface area (Å²) < 4.78 is 7.49. The summed E-state index contributed by atoms with van der Waals surface area (Å²) in [5, 5.41) is 11.3. The quantitative estimate of drug-likeness (QED) is 0.229. The fourth-order valence-corrected chi connectivity index (χ4v) is 4.29. The van der Waals surface area contributed by atoms with Crippen molar-refractivity contribution in [2.24, 2.45) is 10.9 Å². The normalized spacial score (nSPS) is 15.6. The van der Waals surface area contributed by atoms with Gasteiger partial charge in [-0.05, 0) is 48.6 Å². The van der Waals surface area contributed by atoms with E-state index < -0.39 is 0 Å². The van der Waals surface area contributed by atoms with Crippen LogP contribution in [0.5, 0.6) is 5.75 Å². The van der Waals surface area contributed by atoms with Gasteiger partial charge in [-0.3, -0.25) is 4.68 Å². The van der Waals surface area contributed by atoms with Gasteiger partial charge in [-0.25, -0.2) is 4.99 Å². The van der Waals surface area contributed by atoms with Gasteiger partial charge in [-0.2, -0.15) is 5.10 Å². The number of nitrogens with zero attached hydrogens (tertiary/aromatic N) is 4. The molecule has 2 heterocycles. The number of ether oxygens (including phenoxy) is 1. The maximum Gasteiger partial charge on any atom is 0.191 e. The minimum Gasteiger partial charge on any atom is -0.495 e. The summed E-state index contributed by atoms with van der Waals surface area (Å²) in [4.78, 5) is 7.29. The van der Waals surface area contributed by atoms with Crippen molar-refractivity contribution in [3.63, 3.8) is 0 Å². The number of hydrogen-bond donors (Lipinski definition) is 2. The first-order chi connectivity index (χ1) is 16.3. The highest BCUT2D eigenvalue weighted by atomic mass is 127. The van der Waals surface area contributed by atoms with Crippen molar-refractivity contribution >= 4 is 35.6 Å². The fourth-order valence-electron chi connectivity index (χ4n) is 4.29. The second kappa shape index (κ2) is 13.2. The summed E-state index contributed by atoms with van der Waals surface area (Å²) in [6.45, 7) is 7.27. The molecule has 34 heavy (non-hydrogen) atoms. The monoisotopic (exact) mass is 574 g/mol. The molecule has 4 rings (SSSR count). The lowest BCUT2D eigenvalue weighted by Gasteiger charge is -2.21. The Bertz CT molecular complexity index is 1040. The highest BCUT2D eigenvalue weighted by molar-refractivity contribution is 14.0. The fraction of sp³-hybridized carbons (Fsp3) is 0.385. The first-order valence-electron chi connectivity index (χ1n) is 11.7. The molecule has 8 heteroatoms. The Morgan fingerprint density at radius 3 is 2.65 bits per heavy atom. The maximum absolute atomic E-state index is 5.55. The van der Waals surface area contributed by atoms with Gasteiger partial charge < -0.3 is 20.3 Å². The number of guanidine groups is 1. The van der Waals surface area contributed by atoms with Gasteiger partial charge in [0.25, 0.3) is 0 Å². The van der Waals surface area contributed by atoms with E-state index in [1.54, 1.807) is 7.11 Å².